The van der Waals surface area contributed by atoms with Gasteiger partial charge in [0.25, 0.3) is 0 Å². The maximum Gasteiger partial charge on any atom is 0.0380 e. The Morgan fingerprint density at radius 3 is 2.60 bits per heavy atom. The number of hydrogen-bond donors (Lipinski definition) is 1. The van der Waals surface area contributed by atoms with E-state index in [0.29, 0.717) is 6.04 Å². The third-order valence-electron chi connectivity index (χ3n) is 3.67. The first-order valence-corrected chi connectivity index (χ1v) is 8.86. The second-order valence-electron chi connectivity index (χ2n) is 5.30. The number of aryl methyl sites for hydroxylation is 2. The fourth-order valence-corrected chi connectivity index (χ4v) is 3.94. The molecule has 0 fully saturated rings. The Morgan fingerprint density at radius 2 is 2.00 bits per heavy atom. The molecule has 20 heavy (non-hydrogen) atoms. The number of rotatable bonds is 6. The van der Waals surface area contributed by atoms with E-state index < -0.39 is 0 Å². The molecule has 3 heteroatoms. The molecule has 108 valence electrons. The minimum Gasteiger partial charge on any atom is -0.310 e. The quantitative estimate of drug-likeness (QED) is 0.733. The van der Waals surface area contributed by atoms with Crippen molar-refractivity contribution in [2.75, 3.05) is 6.54 Å². The molecule has 1 nitrogen and oxygen atoms in total. The van der Waals surface area contributed by atoms with Gasteiger partial charge >= 0.3 is 0 Å². The fourth-order valence-electron chi connectivity index (χ4n) is 2.32. The van der Waals surface area contributed by atoms with E-state index in [2.05, 4.69) is 71.0 Å². The minimum atomic E-state index is 0.387. The van der Waals surface area contributed by atoms with Crippen molar-refractivity contribution < 1.29 is 0 Å². The standard InChI is InChI=1S/C17H22BrNS/c1-4-7-19-17(15-10-20-11-16(15)18)9-14-6-5-12(2)13(3)8-14/h5-6,8,10-11,17,19H,4,7,9H2,1-3H3. The van der Waals surface area contributed by atoms with Crippen molar-refractivity contribution in [1.29, 1.82) is 0 Å². The molecular formula is C17H22BrNS. The van der Waals surface area contributed by atoms with Gasteiger partial charge in [-0.15, -0.1) is 0 Å². The Hall–Kier alpha value is -0.640. The van der Waals surface area contributed by atoms with Crippen LogP contribution in [0, 0.1) is 13.8 Å². The smallest absolute Gasteiger partial charge is 0.0380 e. The molecule has 1 aromatic carbocycles. The van der Waals surface area contributed by atoms with Crippen LogP contribution in [0.1, 0.15) is 41.6 Å². The second-order valence-corrected chi connectivity index (χ2v) is 6.90. The summed E-state index contributed by atoms with van der Waals surface area (Å²) in [5.74, 6) is 0. The van der Waals surface area contributed by atoms with Gasteiger partial charge in [0.1, 0.15) is 0 Å². The molecule has 0 saturated carbocycles. The Bertz CT molecular complexity index is 562. The highest BCUT2D eigenvalue weighted by Gasteiger charge is 2.15. The summed E-state index contributed by atoms with van der Waals surface area (Å²) in [6.07, 6.45) is 2.20. The van der Waals surface area contributed by atoms with Gasteiger partial charge in [-0.2, -0.15) is 11.3 Å². The number of benzene rings is 1. The monoisotopic (exact) mass is 351 g/mol. The first-order chi connectivity index (χ1) is 9.61. The van der Waals surface area contributed by atoms with E-state index >= 15 is 0 Å². The van der Waals surface area contributed by atoms with E-state index in [1.54, 1.807) is 11.3 Å². The summed E-state index contributed by atoms with van der Waals surface area (Å²) in [5, 5.41) is 8.08. The van der Waals surface area contributed by atoms with Gasteiger partial charge in [-0.25, -0.2) is 0 Å². The van der Waals surface area contributed by atoms with Gasteiger partial charge in [0.05, 0.1) is 0 Å². The van der Waals surface area contributed by atoms with E-state index in [0.717, 1.165) is 19.4 Å². The number of halogens is 1. The summed E-state index contributed by atoms with van der Waals surface area (Å²) < 4.78 is 1.22. The van der Waals surface area contributed by atoms with Crippen LogP contribution in [-0.2, 0) is 6.42 Å². The molecular weight excluding hydrogens is 330 g/mol. The SMILES string of the molecule is CCCNC(Cc1ccc(C)c(C)c1)c1cscc1Br. The zero-order valence-electron chi connectivity index (χ0n) is 12.4. The van der Waals surface area contributed by atoms with Gasteiger partial charge < -0.3 is 5.32 Å². The summed E-state index contributed by atoms with van der Waals surface area (Å²) >= 11 is 5.43. The molecule has 0 amide bonds. The summed E-state index contributed by atoms with van der Waals surface area (Å²) in [4.78, 5) is 0. The molecule has 0 aliphatic rings. The summed E-state index contributed by atoms with van der Waals surface area (Å²) in [6.45, 7) is 7.62. The Labute approximate surface area is 134 Å². The molecule has 1 unspecified atom stereocenters. The Kier molecular flexibility index (Phi) is 5.82. The van der Waals surface area contributed by atoms with E-state index in [-0.39, 0.29) is 0 Å². The molecule has 1 atom stereocenters. The van der Waals surface area contributed by atoms with Gasteiger partial charge in [0, 0.05) is 15.9 Å². The topological polar surface area (TPSA) is 12.0 Å². The lowest BCUT2D eigenvalue weighted by Crippen LogP contribution is -2.24. The highest BCUT2D eigenvalue weighted by atomic mass is 79.9. The molecule has 0 radical (unpaired) electrons. The average Bonchev–Trinajstić information content (AvgIpc) is 2.85. The number of thiophene rings is 1. The minimum absolute atomic E-state index is 0.387. The van der Waals surface area contributed by atoms with Crippen molar-refractivity contribution in [3.8, 4) is 0 Å². The van der Waals surface area contributed by atoms with Crippen LogP contribution in [0.5, 0.6) is 0 Å². The lowest BCUT2D eigenvalue weighted by Gasteiger charge is -2.19. The zero-order valence-corrected chi connectivity index (χ0v) is 14.8. The highest BCUT2D eigenvalue weighted by molar-refractivity contribution is 9.10. The molecule has 1 aromatic heterocycles. The maximum atomic E-state index is 3.67. The van der Waals surface area contributed by atoms with E-state index in [1.165, 1.54) is 26.7 Å². The van der Waals surface area contributed by atoms with E-state index in [9.17, 15) is 0 Å². The lowest BCUT2D eigenvalue weighted by molar-refractivity contribution is 0.529. The van der Waals surface area contributed by atoms with E-state index in [1.807, 2.05) is 0 Å². The number of hydrogen-bond acceptors (Lipinski definition) is 2. The molecule has 0 aliphatic carbocycles. The van der Waals surface area contributed by atoms with Crippen LogP contribution >= 0.6 is 27.3 Å². The first kappa shape index (κ1) is 15.7. The summed E-state index contributed by atoms with van der Waals surface area (Å²) in [7, 11) is 0. The third-order valence-corrected chi connectivity index (χ3v) is 5.42. The van der Waals surface area contributed by atoms with Crippen molar-refractivity contribution >= 4 is 27.3 Å². The van der Waals surface area contributed by atoms with Gasteiger partial charge in [-0.05, 0) is 76.8 Å². The van der Waals surface area contributed by atoms with Crippen LogP contribution in [0.15, 0.2) is 33.4 Å². The van der Waals surface area contributed by atoms with Crippen molar-refractivity contribution in [3.05, 3.63) is 55.7 Å². The molecule has 1 heterocycles. The van der Waals surface area contributed by atoms with Gasteiger partial charge in [-0.1, -0.05) is 25.1 Å². The molecule has 0 spiro atoms. The van der Waals surface area contributed by atoms with Gasteiger partial charge in [-0.3, -0.25) is 0 Å². The van der Waals surface area contributed by atoms with Crippen LogP contribution < -0.4 is 5.32 Å². The molecule has 0 saturated heterocycles. The first-order valence-electron chi connectivity index (χ1n) is 7.13. The van der Waals surface area contributed by atoms with Crippen molar-refractivity contribution in [3.63, 3.8) is 0 Å². The third kappa shape index (κ3) is 3.94. The number of nitrogens with one attached hydrogen (secondary N) is 1. The van der Waals surface area contributed by atoms with Crippen molar-refractivity contribution in [1.82, 2.24) is 5.32 Å². The van der Waals surface area contributed by atoms with Crippen molar-refractivity contribution in [2.45, 2.75) is 39.7 Å². The lowest BCUT2D eigenvalue weighted by atomic mass is 9.98. The Balaban J connectivity index is 2.19. The van der Waals surface area contributed by atoms with Crippen LogP contribution in [0.2, 0.25) is 0 Å². The maximum absolute atomic E-state index is 3.67. The average molecular weight is 352 g/mol. The van der Waals surface area contributed by atoms with Crippen LogP contribution in [0.3, 0.4) is 0 Å². The van der Waals surface area contributed by atoms with Crippen molar-refractivity contribution in [2.24, 2.45) is 0 Å². The zero-order chi connectivity index (χ0) is 14.5. The highest BCUT2D eigenvalue weighted by Crippen LogP contribution is 2.30. The van der Waals surface area contributed by atoms with E-state index in [4.69, 9.17) is 0 Å². The molecule has 1 N–H and O–H groups in total. The van der Waals surface area contributed by atoms with Crippen LogP contribution in [0.25, 0.3) is 0 Å². The molecule has 2 aromatic rings. The van der Waals surface area contributed by atoms with Crippen LogP contribution in [-0.4, -0.2) is 6.54 Å². The normalized spacial score (nSPS) is 12.6. The Morgan fingerprint density at radius 1 is 1.20 bits per heavy atom. The largest absolute Gasteiger partial charge is 0.310 e. The fraction of sp³-hybridized carbons (Fsp3) is 0.412. The summed E-state index contributed by atoms with van der Waals surface area (Å²) in [5.41, 5.74) is 5.52. The molecule has 2 rings (SSSR count). The second kappa shape index (κ2) is 7.39. The molecule has 0 bridgehead atoms. The predicted octanol–water partition coefficient (Wildman–Crippen LogP) is 5.41. The van der Waals surface area contributed by atoms with Crippen LogP contribution in [0.4, 0.5) is 0 Å². The molecule has 0 aliphatic heterocycles. The predicted molar refractivity (Wildman–Crippen MR) is 92.7 cm³/mol. The van der Waals surface area contributed by atoms with Gasteiger partial charge in [0.2, 0.25) is 0 Å². The summed E-state index contributed by atoms with van der Waals surface area (Å²) in [6, 6.07) is 7.18. The van der Waals surface area contributed by atoms with Gasteiger partial charge in [0.15, 0.2) is 0 Å².